The average molecular weight is 342 g/mol. The van der Waals surface area contributed by atoms with E-state index >= 15 is 0 Å². The van der Waals surface area contributed by atoms with Crippen molar-refractivity contribution < 1.29 is 14.5 Å². The molecule has 22 heavy (non-hydrogen) atoms. The van der Waals surface area contributed by atoms with Crippen LogP contribution in [0.5, 0.6) is 0 Å². The van der Waals surface area contributed by atoms with Gasteiger partial charge in [-0.3, -0.25) is 9.59 Å². The van der Waals surface area contributed by atoms with E-state index < -0.39 is 0 Å². The Hall–Kier alpha value is -1.10. The maximum atomic E-state index is 12.7. The molecule has 0 aromatic heterocycles. The van der Waals surface area contributed by atoms with Crippen LogP contribution in [0.4, 0.5) is 5.69 Å². The highest BCUT2D eigenvalue weighted by Crippen LogP contribution is 2.29. The molecule has 0 unspecified atom stereocenters. The van der Waals surface area contributed by atoms with Crippen molar-refractivity contribution >= 4 is 40.7 Å². The van der Waals surface area contributed by atoms with Crippen LogP contribution in [-0.2, 0) is 9.59 Å². The molecule has 2 heterocycles. The van der Waals surface area contributed by atoms with Crippen molar-refractivity contribution in [1.29, 1.82) is 0 Å². The third kappa shape index (κ3) is 3.00. The molecule has 2 aliphatic rings. The zero-order chi connectivity index (χ0) is 15.9. The van der Waals surface area contributed by atoms with Crippen LogP contribution in [-0.4, -0.2) is 30.9 Å². The number of likely N-dealkylation sites (tertiary alicyclic amines) is 1. The second-order valence-corrected chi connectivity index (χ2v) is 7.17. The van der Waals surface area contributed by atoms with Crippen molar-refractivity contribution in [2.75, 3.05) is 18.0 Å². The molecule has 0 saturated carbocycles. The minimum Gasteiger partial charge on any atom is -0.324 e. The monoisotopic (exact) mass is 341 g/mol. The number of piperidine rings is 1. The zero-order valence-corrected chi connectivity index (χ0v) is 14.0. The Kier molecular flexibility index (Phi) is 4.44. The van der Waals surface area contributed by atoms with E-state index in [0.717, 1.165) is 25.9 Å². The molecule has 0 spiro atoms. The molecule has 0 aliphatic carbocycles. The zero-order valence-electron chi connectivity index (χ0n) is 12.4. The number of halogens is 2. The summed E-state index contributed by atoms with van der Waals surface area (Å²) in [4.78, 5) is 27.5. The standard InChI is InChI=1S/C16H18Cl2N2O2/c1-10-2-4-19(5-3-10)14-9-15(21)20(16(14)22)13-7-11(17)6-12(18)8-13/h6-8,10,14H,2-5,9H2,1H3/p+1/t14-/m0/s1. The Morgan fingerprint density at radius 1 is 1.09 bits per heavy atom. The Balaban J connectivity index is 1.82. The molecule has 1 aromatic rings. The van der Waals surface area contributed by atoms with Gasteiger partial charge in [0, 0.05) is 10.0 Å². The lowest BCUT2D eigenvalue weighted by Gasteiger charge is -2.30. The van der Waals surface area contributed by atoms with Crippen molar-refractivity contribution in [1.82, 2.24) is 0 Å². The largest absolute Gasteiger partial charge is 0.324 e. The second-order valence-electron chi connectivity index (χ2n) is 6.29. The smallest absolute Gasteiger partial charge is 0.292 e. The fourth-order valence-electron chi connectivity index (χ4n) is 3.37. The summed E-state index contributed by atoms with van der Waals surface area (Å²) in [6.07, 6.45) is 2.49. The maximum Gasteiger partial charge on any atom is 0.292 e. The number of amides is 2. The number of rotatable bonds is 2. The number of nitrogens with one attached hydrogen (secondary N) is 1. The predicted molar refractivity (Wildman–Crippen MR) is 86.5 cm³/mol. The van der Waals surface area contributed by atoms with Gasteiger partial charge < -0.3 is 4.90 Å². The van der Waals surface area contributed by atoms with Crippen molar-refractivity contribution in [3.8, 4) is 0 Å². The van der Waals surface area contributed by atoms with Crippen LogP contribution < -0.4 is 9.80 Å². The van der Waals surface area contributed by atoms with E-state index in [1.807, 2.05) is 0 Å². The molecule has 2 aliphatic heterocycles. The summed E-state index contributed by atoms with van der Waals surface area (Å²) in [5.74, 6) is 0.408. The Morgan fingerprint density at radius 2 is 1.68 bits per heavy atom. The maximum absolute atomic E-state index is 12.7. The van der Waals surface area contributed by atoms with Crippen molar-refractivity contribution in [3.05, 3.63) is 28.2 Å². The van der Waals surface area contributed by atoms with E-state index in [0.29, 0.717) is 21.7 Å². The number of hydrogen-bond acceptors (Lipinski definition) is 2. The van der Waals surface area contributed by atoms with Crippen LogP contribution >= 0.6 is 23.2 Å². The predicted octanol–water partition coefficient (Wildman–Crippen LogP) is 1.94. The molecular weight excluding hydrogens is 323 g/mol. The van der Waals surface area contributed by atoms with Crippen LogP contribution in [0, 0.1) is 5.92 Å². The van der Waals surface area contributed by atoms with Crippen LogP contribution in [0.3, 0.4) is 0 Å². The molecule has 6 heteroatoms. The number of nitrogens with zero attached hydrogens (tertiary/aromatic N) is 1. The number of anilines is 1. The van der Waals surface area contributed by atoms with Gasteiger partial charge in [0.15, 0.2) is 6.04 Å². The normalized spacial score (nSPS) is 29.2. The van der Waals surface area contributed by atoms with E-state index in [2.05, 4.69) is 6.92 Å². The molecule has 118 valence electrons. The van der Waals surface area contributed by atoms with Crippen molar-refractivity contribution in [2.24, 2.45) is 5.92 Å². The second kappa shape index (κ2) is 6.19. The third-order valence-corrected chi connectivity index (χ3v) is 5.10. The first kappa shape index (κ1) is 15.8. The molecule has 2 fully saturated rings. The quantitative estimate of drug-likeness (QED) is 0.835. The first-order valence-electron chi connectivity index (χ1n) is 7.63. The topological polar surface area (TPSA) is 41.8 Å². The van der Waals surface area contributed by atoms with E-state index in [4.69, 9.17) is 23.2 Å². The number of carbonyl (C=O) groups is 2. The number of carbonyl (C=O) groups excluding carboxylic acids is 2. The minimum atomic E-state index is -0.266. The molecular formula is C16H19Cl2N2O2+. The summed E-state index contributed by atoms with van der Waals surface area (Å²) in [6.45, 7) is 4.14. The highest BCUT2D eigenvalue weighted by atomic mass is 35.5. The minimum absolute atomic E-state index is 0.132. The van der Waals surface area contributed by atoms with Crippen molar-refractivity contribution in [3.63, 3.8) is 0 Å². The fourth-order valence-corrected chi connectivity index (χ4v) is 3.89. The van der Waals surface area contributed by atoms with Gasteiger partial charge in [-0.2, -0.15) is 0 Å². The van der Waals surface area contributed by atoms with Gasteiger partial charge >= 0.3 is 0 Å². The van der Waals surface area contributed by atoms with E-state index in [-0.39, 0.29) is 24.3 Å². The van der Waals surface area contributed by atoms with E-state index in [1.54, 1.807) is 18.2 Å². The van der Waals surface area contributed by atoms with Crippen molar-refractivity contribution in [2.45, 2.75) is 32.2 Å². The SMILES string of the molecule is CC1CC[NH+]([C@H]2CC(=O)N(c3cc(Cl)cc(Cl)c3)C2=O)CC1. The summed E-state index contributed by atoms with van der Waals surface area (Å²) in [5.41, 5.74) is 0.472. The molecule has 1 aromatic carbocycles. The van der Waals surface area contributed by atoms with E-state index in [1.165, 1.54) is 9.80 Å². The van der Waals surface area contributed by atoms with Crippen LogP contribution in [0.1, 0.15) is 26.2 Å². The third-order valence-electron chi connectivity index (χ3n) is 4.66. The number of imide groups is 1. The first-order valence-corrected chi connectivity index (χ1v) is 8.39. The van der Waals surface area contributed by atoms with Gasteiger partial charge in [0.1, 0.15) is 0 Å². The summed E-state index contributed by atoms with van der Waals surface area (Å²) in [5, 5.41) is 0.844. The molecule has 1 atom stereocenters. The summed E-state index contributed by atoms with van der Waals surface area (Å²) >= 11 is 12.0. The number of hydrogen-bond donors (Lipinski definition) is 1. The number of benzene rings is 1. The molecule has 2 saturated heterocycles. The summed E-state index contributed by atoms with van der Waals surface area (Å²) in [7, 11) is 0. The van der Waals surface area contributed by atoms with Gasteiger partial charge in [-0.05, 0) is 37.0 Å². The lowest BCUT2D eigenvalue weighted by Crippen LogP contribution is -3.17. The van der Waals surface area contributed by atoms with Crippen LogP contribution in [0.2, 0.25) is 10.0 Å². The van der Waals surface area contributed by atoms with Gasteiger partial charge in [0.25, 0.3) is 5.91 Å². The Bertz CT molecular complexity index is 592. The summed E-state index contributed by atoms with van der Waals surface area (Å²) in [6, 6.07) is 4.54. The Labute approximate surface area is 140 Å². The molecule has 2 amide bonds. The van der Waals surface area contributed by atoms with Gasteiger partial charge in [-0.25, -0.2) is 4.90 Å². The summed E-state index contributed by atoms with van der Waals surface area (Å²) < 4.78 is 0. The molecule has 1 N–H and O–H groups in total. The van der Waals surface area contributed by atoms with Gasteiger partial charge in [-0.15, -0.1) is 0 Å². The van der Waals surface area contributed by atoms with Gasteiger partial charge in [0.05, 0.1) is 25.2 Å². The number of quaternary nitrogens is 1. The van der Waals surface area contributed by atoms with Gasteiger partial charge in [-0.1, -0.05) is 30.1 Å². The highest BCUT2D eigenvalue weighted by Gasteiger charge is 2.46. The lowest BCUT2D eigenvalue weighted by atomic mass is 9.97. The molecule has 0 bridgehead atoms. The lowest BCUT2D eigenvalue weighted by molar-refractivity contribution is -0.920. The molecule has 4 nitrogen and oxygen atoms in total. The van der Waals surface area contributed by atoms with Gasteiger partial charge in [0.2, 0.25) is 5.91 Å². The molecule has 3 rings (SSSR count). The highest BCUT2D eigenvalue weighted by molar-refractivity contribution is 6.35. The van der Waals surface area contributed by atoms with Crippen LogP contribution in [0.15, 0.2) is 18.2 Å². The molecule has 0 radical (unpaired) electrons. The van der Waals surface area contributed by atoms with E-state index in [9.17, 15) is 9.59 Å². The Morgan fingerprint density at radius 3 is 2.27 bits per heavy atom. The fraction of sp³-hybridized carbons (Fsp3) is 0.500. The average Bonchev–Trinajstić information content (AvgIpc) is 2.74. The van der Waals surface area contributed by atoms with Crippen LogP contribution in [0.25, 0.3) is 0 Å². The first-order chi connectivity index (χ1) is 10.5.